The minimum atomic E-state index is -2.41. The van der Waals surface area contributed by atoms with E-state index in [0.29, 0.717) is 41.6 Å². The number of hydrogen-bond donors (Lipinski definition) is 4. The summed E-state index contributed by atoms with van der Waals surface area (Å²) in [6.07, 6.45) is 0. The number of alkyl halides is 2. The molecular formula is C12H15F2N5OS. The van der Waals surface area contributed by atoms with Crippen LogP contribution in [0.25, 0.3) is 0 Å². The van der Waals surface area contributed by atoms with Gasteiger partial charge in [-0.1, -0.05) is 23.9 Å². The monoisotopic (exact) mass is 315 g/mol. The lowest BCUT2D eigenvalue weighted by atomic mass is 10.2. The van der Waals surface area contributed by atoms with Crippen molar-refractivity contribution in [2.45, 2.75) is 17.2 Å². The average Bonchev–Trinajstić information content (AvgIpc) is 2.92. The van der Waals surface area contributed by atoms with Crippen LogP contribution < -0.4 is 10.6 Å². The first-order chi connectivity index (χ1) is 10.2. The zero-order chi connectivity index (χ0) is 15.1. The maximum absolute atomic E-state index is 12.2. The van der Waals surface area contributed by atoms with E-state index in [4.69, 9.17) is 5.11 Å². The maximum Gasteiger partial charge on any atom is 0.288 e. The van der Waals surface area contributed by atoms with Crippen molar-refractivity contribution in [1.82, 2.24) is 15.2 Å². The number of rotatable bonds is 8. The van der Waals surface area contributed by atoms with Crippen molar-refractivity contribution in [3.8, 4) is 0 Å². The molecule has 1 aromatic heterocycles. The van der Waals surface area contributed by atoms with Crippen LogP contribution in [0.1, 0.15) is 5.56 Å². The van der Waals surface area contributed by atoms with Gasteiger partial charge in [-0.3, -0.25) is 0 Å². The number of benzene rings is 1. The van der Waals surface area contributed by atoms with E-state index in [1.165, 1.54) is 0 Å². The van der Waals surface area contributed by atoms with E-state index in [9.17, 15) is 8.78 Å². The molecule has 0 spiro atoms. The summed E-state index contributed by atoms with van der Waals surface area (Å²) in [5, 5.41) is 21.1. The Morgan fingerprint density at radius 2 is 2.00 bits per heavy atom. The SMILES string of the molecule is OCCNc1nc(NCc2ccc(SC(F)F)cc2)n[nH]1. The quantitative estimate of drug-likeness (QED) is 0.558. The van der Waals surface area contributed by atoms with Crippen molar-refractivity contribution >= 4 is 23.7 Å². The molecule has 21 heavy (non-hydrogen) atoms. The van der Waals surface area contributed by atoms with Gasteiger partial charge in [0, 0.05) is 18.0 Å². The second kappa shape index (κ2) is 7.79. The third-order valence-electron chi connectivity index (χ3n) is 2.49. The molecule has 0 aliphatic rings. The molecule has 1 heterocycles. The van der Waals surface area contributed by atoms with E-state index in [1.54, 1.807) is 24.3 Å². The van der Waals surface area contributed by atoms with E-state index < -0.39 is 5.76 Å². The number of thioether (sulfide) groups is 1. The highest BCUT2D eigenvalue weighted by Gasteiger charge is 2.05. The number of aromatic nitrogens is 3. The highest BCUT2D eigenvalue weighted by Crippen LogP contribution is 2.25. The molecule has 0 atom stereocenters. The van der Waals surface area contributed by atoms with E-state index in [-0.39, 0.29) is 6.61 Å². The Balaban J connectivity index is 1.83. The average molecular weight is 315 g/mol. The predicted molar refractivity (Wildman–Crippen MR) is 77.6 cm³/mol. The van der Waals surface area contributed by atoms with E-state index >= 15 is 0 Å². The van der Waals surface area contributed by atoms with Crippen LogP contribution in [0, 0.1) is 0 Å². The second-order valence-corrected chi connectivity index (χ2v) is 5.10. The van der Waals surface area contributed by atoms with Gasteiger partial charge in [-0.15, -0.1) is 5.10 Å². The zero-order valence-corrected chi connectivity index (χ0v) is 11.8. The molecule has 6 nitrogen and oxygen atoms in total. The molecule has 2 rings (SSSR count). The number of aliphatic hydroxyl groups is 1. The van der Waals surface area contributed by atoms with Crippen molar-refractivity contribution in [3.05, 3.63) is 29.8 Å². The lowest BCUT2D eigenvalue weighted by Gasteiger charge is -2.04. The van der Waals surface area contributed by atoms with Gasteiger partial charge in [-0.2, -0.15) is 13.8 Å². The molecular weight excluding hydrogens is 300 g/mol. The molecule has 114 valence electrons. The van der Waals surface area contributed by atoms with E-state index in [0.717, 1.165) is 5.56 Å². The zero-order valence-electron chi connectivity index (χ0n) is 11.0. The molecule has 1 aromatic carbocycles. The van der Waals surface area contributed by atoms with E-state index in [2.05, 4.69) is 25.8 Å². The molecule has 0 radical (unpaired) electrons. The van der Waals surface area contributed by atoms with E-state index in [1.807, 2.05) is 0 Å². The third-order valence-corrected chi connectivity index (χ3v) is 3.21. The first-order valence-corrected chi connectivity index (χ1v) is 7.10. The smallest absolute Gasteiger partial charge is 0.288 e. The molecule has 2 aromatic rings. The van der Waals surface area contributed by atoms with Crippen molar-refractivity contribution in [3.63, 3.8) is 0 Å². The molecule has 0 bridgehead atoms. The molecule has 4 N–H and O–H groups in total. The van der Waals surface area contributed by atoms with Crippen LogP contribution in [-0.2, 0) is 6.54 Å². The van der Waals surface area contributed by atoms with Gasteiger partial charge in [0.25, 0.3) is 5.76 Å². The first kappa shape index (κ1) is 15.5. The Kier molecular flexibility index (Phi) is 5.76. The van der Waals surface area contributed by atoms with Crippen LogP contribution in [0.3, 0.4) is 0 Å². The van der Waals surface area contributed by atoms with Gasteiger partial charge in [0.1, 0.15) is 0 Å². The summed E-state index contributed by atoms with van der Waals surface area (Å²) >= 11 is 0.520. The van der Waals surface area contributed by atoms with Gasteiger partial charge in [0.05, 0.1) is 6.61 Å². The second-order valence-electron chi connectivity index (χ2n) is 4.03. The Morgan fingerprint density at radius 1 is 1.24 bits per heavy atom. The Hall–Kier alpha value is -1.87. The Morgan fingerprint density at radius 3 is 2.67 bits per heavy atom. The number of nitrogens with zero attached hydrogens (tertiary/aromatic N) is 2. The van der Waals surface area contributed by atoms with Crippen LogP contribution in [0.5, 0.6) is 0 Å². The Bertz CT molecular complexity index is 549. The topological polar surface area (TPSA) is 85.9 Å². The summed E-state index contributed by atoms with van der Waals surface area (Å²) in [6.45, 7) is 0.876. The van der Waals surface area contributed by atoms with Crippen molar-refractivity contribution in [2.24, 2.45) is 0 Å². The van der Waals surface area contributed by atoms with Crippen LogP contribution in [0.4, 0.5) is 20.7 Å². The van der Waals surface area contributed by atoms with Gasteiger partial charge >= 0.3 is 0 Å². The highest BCUT2D eigenvalue weighted by molar-refractivity contribution is 7.99. The fraction of sp³-hybridized carbons (Fsp3) is 0.333. The van der Waals surface area contributed by atoms with Gasteiger partial charge in [0.15, 0.2) is 0 Å². The minimum absolute atomic E-state index is 0.00639. The lowest BCUT2D eigenvalue weighted by molar-refractivity contribution is 0.252. The number of halogens is 2. The highest BCUT2D eigenvalue weighted by atomic mass is 32.2. The minimum Gasteiger partial charge on any atom is -0.395 e. The fourth-order valence-electron chi connectivity index (χ4n) is 1.56. The third kappa shape index (κ3) is 5.20. The number of anilines is 2. The summed E-state index contributed by atoms with van der Waals surface area (Å²) < 4.78 is 24.4. The predicted octanol–water partition coefficient (Wildman–Crippen LogP) is 2.14. The first-order valence-electron chi connectivity index (χ1n) is 6.22. The maximum atomic E-state index is 12.2. The molecule has 0 aliphatic heterocycles. The summed E-state index contributed by atoms with van der Waals surface area (Å²) in [5.41, 5.74) is 0.934. The standard InChI is InChI=1S/C12H15F2N5OS/c13-10(14)21-9-3-1-8(2-4-9)7-16-12-17-11(18-19-12)15-5-6-20/h1-4,10,20H,5-7H2,(H3,15,16,17,18,19). The molecule has 0 unspecified atom stereocenters. The van der Waals surface area contributed by atoms with Crippen LogP contribution in [-0.4, -0.2) is 39.2 Å². The van der Waals surface area contributed by atoms with Crippen LogP contribution >= 0.6 is 11.8 Å². The fourth-order valence-corrected chi connectivity index (χ4v) is 2.06. The van der Waals surface area contributed by atoms with Gasteiger partial charge < -0.3 is 15.7 Å². The van der Waals surface area contributed by atoms with Crippen molar-refractivity contribution in [1.29, 1.82) is 0 Å². The molecule has 0 aliphatic carbocycles. The summed E-state index contributed by atoms with van der Waals surface area (Å²) in [4.78, 5) is 4.65. The molecule has 0 saturated carbocycles. The van der Waals surface area contributed by atoms with Crippen LogP contribution in [0.2, 0.25) is 0 Å². The largest absolute Gasteiger partial charge is 0.395 e. The van der Waals surface area contributed by atoms with Crippen molar-refractivity contribution in [2.75, 3.05) is 23.8 Å². The molecule has 0 amide bonds. The molecule has 9 heteroatoms. The van der Waals surface area contributed by atoms with Crippen molar-refractivity contribution < 1.29 is 13.9 Å². The number of nitrogens with one attached hydrogen (secondary N) is 3. The number of aliphatic hydroxyl groups excluding tert-OH is 1. The summed E-state index contributed by atoms with van der Waals surface area (Å²) in [7, 11) is 0. The van der Waals surface area contributed by atoms with Gasteiger partial charge in [-0.25, -0.2) is 5.10 Å². The van der Waals surface area contributed by atoms with Gasteiger partial charge in [0.2, 0.25) is 11.9 Å². The molecule has 0 fully saturated rings. The summed E-state index contributed by atoms with van der Waals surface area (Å²) in [6, 6.07) is 6.85. The Labute approximate surface area is 124 Å². The molecule has 0 saturated heterocycles. The number of hydrogen-bond acceptors (Lipinski definition) is 6. The number of H-pyrrole nitrogens is 1. The number of aromatic amines is 1. The summed E-state index contributed by atoms with van der Waals surface area (Å²) in [5.74, 6) is -1.52. The normalized spacial score (nSPS) is 10.9. The van der Waals surface area contributed by atoms with Crippen LogP contribution in [0.15, 0.2) is 29.2 Å². The van der Waals surface area contributed by atoms with Gasteiger partial charge in [-0.05, 0) is 17.7 Å². The lowest BCUT2D eigenvalue weighted by Crippen LogP contribution is -2.06.